The summed E-state index contributed by atoms with van der Waals surface area (Å²) in [6, 6.07) is 0.263. The maximum Gasteiger partial charge on any atom is 0.191 e. The number of nitrogens with zero attached hydrogens (tertiary/aromatic N) is 2. The van der Waals surface area contributed by atoms with Crippen molar-refractivity contribution in [3.05, 3.63) is 0 Å². The lowest BCUT2D eigenvalue weighted by Crippen LogP contribution is -2.46. The van der Waals surface area contributed by atoms with Crippen molar-refractivity contribution in [1.29, 1.82) is 0 Å². The molecule has 0 radical (unpaired) electrons. The van der Waals surface area contributed by atoms with Gasteiger partial charge in [-0.05, 0) is 26.4 Å². The summed E-state index contributed by atoms with van der Waals surface area (Å²) in [6.07, 6.45) is 1.20. The summed E-state index contributed by atoms with van der Waals surface area (Å²) in [7, 11) is 3.50. The molecule has 0 fully saturated rings. The van der Waals surface area contributed by atoms with Crippen LogP contribution in [0.4, 0.5) is 0 Å². The largest absolute Gasteiger partial charge is 0.383 e. The summed E-state index contributed by atoms with van der Waals surface area (Å²) in [4.78, 5) is 6.63. The van der Waals surface area contributed by atoms with Gasteiger partial charge in [-0.2, -0.15) is 0 Å². The average molecular weight is 258 g/mol. The Morgan fingerprint density at radius 2 is 2.06 bits per heavy atom. The highest BCUT2D eigenvalue weighted by Gasteiger charge is 2.05. The highest BCUT2D eigenvalue weighted by Crippen LogP contribution is 1.89. The zero-order valence-electron chi connectivity index (χ0n) is 12.6. The van der Waals surface area contributed by atoms with E-state index < -0.39 is 0 Å². The predicted octanol–water partition coefficient (Wildman–Crippen LogP) is 0.918. The lowest BCUT2D eigenvalue weighted by molar-refractivity contribution is 0.179. The van der Waals surface area contributed by atoms with Crippen molar-refractivity contribution in [1.82, 2.24) is 15.5 Å². The Balaban J connectivity index is 3.86. The molecule has 5 nitrogen and oxygen atoms in total. The lowest BCUT2D eigenvalue weighted by atomic mass is 10.3. The molecule has 1 unspecified atom stereocenters. The first kappa shape index (κ1) is 17.2. The molecule has 0 aromatic carbocycles. The van der Waals surface area contributed by atoms with Crippen LogP contribution in [0.1, 0.15) is 27.2 Å². The Morgan fingerprint density at radius 3 is 2.56 bits per heavy atom. The van der Waals surface area contributed by atoms with Gasteiger partial charge in [0.25, 0.3) is 0 Å². The van der Waals surface area contributed by atoms with E-state index in [2.05, 4.69) is 41.3 Å². The van der Waals surface area contributed by atoms with Gasteiger partial charge in [0.2, 0.25) is 0 Å². The Hall–Kier alpha value is -0.810. The van der Waals surface area contributed by atoms with E-state index in [0.717, 1.165) is 32.1 Å². The molecule has 0 bridgehead atoms. The van der Waals surface area contributed by atoms with E-state index in [4.69, 9.17) is 4.74 Å². The smallest absolute Gasteiger partial charge is 0.191 e. The number of methoxy groups -OCH3 is 1. The third-order valence-corrected chi connectivity index (χ3v) is 2.73. The van der Waals surface area contributed by atoms with Crippen LogP contribution in [0.15, 0.2) is 4.99 Å². The molecule has 0 aliphatic rings. The van der Waals surface area contributed by atoms with Crippen LogP contribution >= 0.6 is 0 Å². The minimum atomic E-state index is 0.263. The molecule has 0 saturated heterocycles. The Kier molecular flexibility index (Phi) is 10.8. The standard InChI is InChI=1S/C13H30N4O/c1-6-9-17(7-2)10-8-15-13(14-4)16-12(3)11-18-5/h12H,6-11H2,1-5H3,(H2,14,15,16). The number of likely N-dealkylation sites (N-methyl/N-ethyl adjacent to an activating group) is 1. The summed E-state index contributed by atoms with van der Waals surface area (Å²) in [5, 5.41) is 6.61. The van der Waals surface area contributed by atoms with Crippen molar-refractivity contribution in [3.8, 4) is 0 Å². The summed E-state index contributed by atoms with van der Waals surface area (Å²) in [5.74, 6) is 0.840. The van der Waals surface area contributed by atoms with Crippen LogP contribution in [0.5, 0.6) is 0 Å². The monoisotopic (exact) mass is 258 g/mol. The molecule has 0 rings (SSSR count). The van der Waals surface area contributed by atoms with Gasteiger partial charge in [0, 0.05) is 33.3 Å². The van der Waals surface area contributed by atoms with Crippen molar-refractivity contribution in [2.75, 3.05) is 46.9 Å². The molecular formula is C13H30N4O. The third kappa shape index (κ3) is 8.31. The zero-order valence-corrected chi connectivity index (χ0v) is 12.6. The second-order valence-corrected chi connectivity index (χ2v) is 4.43. The summed E-state index contributed by atoms with van der Waals surface area (Å²) in [5.41, 5.74) is 0. The van der Waals surface area contributed by atoms with Gasteiger partial charge in [-0.3, -0.25) is 4.99 Å². The second kappa shape index (κ2) is 11.3. The van der Waals surface area contributed by atoms with Crippen molar-refractivity contribution in [2.24, 2.45) is 4.99 Å². The number of rotatable bonds is 9. The molecule has 0 aliphatic carbocycles. The van der Waals surface area contributed by atoms with E-state index in [0.29, 0.717) is 6.61 Å². The molecule has 0 aliphatic heterocycles. The fourth-order valence-electron chi connectivity index (χ4n) is 1.80. The first-order valence-electron chi connectivity index (χ1n) is 6.86. The molecule has 0 amide bonds. The molecular weight excluding hydrogens is 228 g/mol. The molecule has 0 aromatic rings. The molecule has 1 atom stereocenters. The van der Waals surface area contributed by atoms with Crippen LogP contribution in [0.3, 0.4) is 0 Å². The fourth-order valence-corrected chi connectivity index (χ4v) is 1.80. The van der Waals surface area contributed by atoms with Gasteiger partial charge in [-0.15, -0.1) is 0 Å². The predicted molar refractivity (Wildman–Crippen MR) is 78.2 cm³/mol. The van der Waals surface area contributed by atoms with E-state index in [1.54, 1.807) is 14.2 Å². The van der Waals surface area contributed by atoms with Gasteiger partial charge in [0.05, 0.1) is 6.61 Å². The number of aliphatic imine (C=N–C) groups is 1. The van der Waals surface area contributed by atoms with Crippen LogP contribution in [-0.4, -0.2) is 63.8 Å². The fraction of sp³-hybridized carbons (Fsp3) is 0.923. The molecule has 2 N–H and O–H groups in total. The normalized spacial score (nSPS) is 13.8. The Morgan fingerprint density at radius 1 is 1.33 bits per heavy atom. The zero-order chi connectivity index (χ0) is 13.8. The van der Waals surface area contributed by atoms with E-state index >= 15 is 0 Å². The molecule has 18 heavy (non-hydrogen) atoms. The van der Waals surface area contributed by atoms with Gasteiger partial charge < -0.3 is 20.3 Å². The van der Waals surface area contributed by atoms with Crippen LogP contribution in [0.25, 0.3) is 0 Å². The highest BCUT2D eigenvalue weighted by atomic mass is 16.5. The minimum Gasteiger partial charge on any atom is -0.383 e. The van der Waals surface area contributed by atoms with Gasteiger partial charge >= 0.3 is 0 Å². The van der Waals surface area contributed by atoms with Crippen LogP contribution < -0.4 is 10.6 Å². The molecule has 108 valence electrons. The maximum atomic E-state index is 5.09. The average Bonchev–Trinajstić information content (AvgIpc) is 2.36. The summed E-state index contributed by atoms with van der Waals surface area (Å²) < 4.78 is 5.09. The highest BCUT2D eigenvalue weighted by molar-refractivity contribution is 5.79. The SMILES string of the molecule is CCCN(CC)CCNC(=NC)NC(C)COC. The second-order valence-electron chi connectivity index (χ2n) is 4.43. The number of ether oxygens (including phenoxy) is 1. The molecule has 5 heteroatoms. The van der Waals surface area contributed by atoms with Crippen molar-refractivity contribution in [3.63, 3.8) is 0 Å². The van der Waals surface area contributed by atoms with Gasteiger partial charge in [0.1, 0.15) is 0 Å². The topological polar surface area (TPSA) is 48.9 Å². The van der Waals surface area contributed by atoms with Gasteiger partial charge in [0.15, 0.2) is 5.96 Å². The first-order valence-corrected chi connectivity index (χ1v) is 6.86. The first-order chi connectivity index (χ1) is 8.67. The molecule has 0 spiro atoms. The van der Waals surface area contributed by atoms with Crippen LogP contribution in [-0.2, 0) is 4.74 Å². The minimum absolute atomic E-state index is 0.263. The lowest BCUT2D eigenvalue weighted by Gasteiger charge is -2.21. The van der Waals surface area contributed by atoms with Crippen molar-refractivity contribution in [2.45, 2.75) is 33.2 Å². The van der Waals surface area contributed by atoms with E-state index in [9.17, 15) is 0 Å². The third-order valence-electron chi connectivity index (χ3n) is 2.73. The quantitative estimate of drug-likeness (QED) is 0.477. The maximum absolute atomic E-state index is 5.09. The number of hydrogen-bond acceptors (Lipinski definition) is 3. The number of nitrogens with one attached hydrogen (secondary N) is 2. The molecule has 0 saturated carbocycles. The van der Waals surface area contributed by atoms with E-state index in [1.165, 1.54) is 6.42 Å². The van der Waals surface area contributed by atoms with Gasteiger partial charge in [-0.25, -0.2) is 0 Å². The van der Waals surface area contributed by atoms with Crippen LogP contribution in [0.2, 0.25) is 0 Å². The van der Waals surface area contributed by atoms with E-state index in [-0.39, 0.29) is 6.04 Å². The summed E-state index contributed by atoms with van der Waals surface area (Å²) in [6.45, 7) is 11.4. The molecule has 0 aromatic heterocycles. The van der Waals surface area contributed by atoms with Crippen LogP contribution in [0, 0.1) is 0 Å². The Bertz CT molecular complexity index is 221. The number of guanidine groups is 1. The van der Waals surface area contributed by atoms with Crippen molar-refractivity contribution < 1.29 is 4.74 Å². The van der Waals surface area contributed by atoms with E-state index in [1.807, 2.05) is 0 Å². The number of hydrogen-bond donors (Lipinski definition) is 2. The Labute approximate surface area is 112 Å². The van der Waals surface area contributed by atoms with Gasteiger partial charge in [-0.1, -0.05) is 13.8 Å². The molecule has 0 heterocycles. The van der Waals surface area contributed by atoms with Crippen molar-refractivity contribution >= 4 is 5.96 Å². The summed E-state index contributed by atoms with van der Waals surface area (Å²) >= 11 is 0.